The third-order valence-electron chi connectivity index (χ3n) is 3.35. The van der Waals surface area contributed by atoms with Crippen LogP contribution in [0.4, 0.5) is 5.69 Å². The van der Waals surface area contributed by atoms with Gasteiger partial charge in [-0.2, -0.15) is 0 Å². The summed E-state index contributed by atoms with van der Waals surface area (Å²) < 4.78 is 25.2. The van der Waals surface area contributed by atoms with Gasteiger partial charge in [0.15, 0.2) is 0 Å². The topological polar surface area (TPSA) is 79.4 Å². The number of carbonyl (C=O) groups is 1. The Bertz CT molecular complexity index is 826. The summed E-state index contributed by atoms with van der Waals surface area (Å²) in [5, 5.41) is 3.21. The van der Waals surface area contributed by atoms with Crippen LogP contribution >= 0.6 is 11.6 Å². The third kappa shape index (κ3) is 4.94. The van der Waals surface area contributed by atoms with Crippen molar-refractivity contribution < 1.29 is 13.2 Å². The molecule has 8 heteroatoms. The second-order valence-corrected chi connectivity index (χ2v) is 7.68. The Balaban J connectivity index is 2.13. The number of carbonyl (C=O) groups excluding carboxylic acids is 1. The molecule has 0 aliphatic heterocycles. The van der Waals surface area contributed by atoms with E-state index in [9.17, 15) is 13.2 Å². The Kier molecular flexibility index (Phi) is 5.80. The van der Waals surface area contributed by atoms with Crippen molar-refractivity contribution in [3.63, 3.8) is 0 Å². The van der Waals surface area contributed by atoms with Crippen LogP contribution in [-0.2, 0) is 21.4 Å². The van der Waals surface area contributed by atoms with Gasteiger partial charge in [-0.1, -0.05) is 11.6 Å². The van der Waals surface area contributed by atoms with E-state index in [-0.39, 0.29) is 6.54 Å². The van der Waals surface area contributed by atoms with E-state index in [4.69, 9.17) is 11.6 Å². The number of amides is 1. The zero-order chi connectivity index (χ0) is 17.7. The van der Waals surface area contributed by atoms with Gasteiger partial charge in [-0.05, 0) is 48.4 Å². The first kappa shape index (κ1) is 18.2. The van der Waals surface area contributed by atoms with Crippen LogP contribution in [0.1, 0.15) is 11.1 Å². The summed E-state index contributed by atoms with van der Waals surface area (Å²) in [7, 11) is -3.61. The molecule has 0 atom stereocenters. The third-order valence-corrected chi connectivity index (χ3v) is 4.72. The number of aromatic nitrogens is 1. The average Bonchev–Trinajstić information content (AvgIpc) is 2.51. The molecule has 24 heavy (non-hydrogen) atoms. The number of nitrogens with zero attached hydrogens (tertiary/aromatic N) is 2. The molecule has 0 unspecified atom stereocenters. The molecule has 0 saturated heterocycles. The molecule has 0 bridgehead atoms. The molecule has 0 spiro atoms. The number of hydrogen-bond acceptors (Lipinski definition) is 4. The van der Waals surface area contributed by atoms with E-state index >= 15 is 0 Å². The van der Waals surface area contributed by atoms with Crippen molar-refractivity contribution in [2.24, 2.45) is 0 Å². The lowest BCUT2D eigenvalue weighted by Gasteiger charge is -2.23. The maximum absolute atomic E-state index is 12.2. The van der Waals surface area contributed by atoms with Crippen LogP contribution in [0.15, 0.2) is 42.7 Å². The minimum atomic E-state index is -3.61. The SMILES string of the molecule is Cc1cc(Cl)ccc1N(CC(=O)NCc1ccncc1)S(C)(=O)=O. The molecule has 128 valence electrons. The Morgan fingerprint density at radius 3 is 2.50 bits per heavy atom. The Hall–Kier alpha value is -2.12. The molecule has 1 aromatic carbocycles. The molecular weight excluding hydrogens is 350 g/mol. The molecule has 6 nitrogen and oxygen atoms in total. The molecule has 0 saturated carbocycles. The summed E-state index contributed by atoms with van der Waals surface area (Å²) >= 11 is 5.91. The first-order valence-electron chi connectivity index (χ1n) is 7.17. The number of hydrogen-bond donors (Lipinski definition) is 1. The summed E-state index contributed by atoms with van der Waals surface area (Å²) in [5.74, 6) is -0.397. The summed E-state index contributed by atoms with van der Waals surface area (Å²) in [6.07, 6.45) is 4.32. The second kappa shape index (κ2) is 7.63. The van der Waals surface area contributed by atoms with Crippen LogP contribution in [0.3, 0.4) is 0 Å². The molecule has 1 heterocycles. The van der Waals surface area contributed by atoms with Gasteiger partial charge in [0.25, 0.3) is 0 Å². The van der Waals surface area contributed by atoms with Crippen LogP contribution in [0.25, 0.3) is 0 Å². The lowest BCUT2D eigenvalue weighted by Crippen LogP contribution is -2.40. The largest absolute Gasteiger partial charge is 0.350 e. The van der Waals surface area contributed by atoms with Crippen molar-refractivity contribution in [1.82, 2.24) is 10.3 Å². The van der Waals surface area contributed by atoms with Gasteiger partial charge in [0.05, 0.1) is 11.9 Å². The molecule has 1 aromatic heterocycles. The standard InChI is InChI=1S/C16H18ClN3O3S/c1-12-9-14(17)3-4-15(12)20(24(2,22)23)11-16(21)19-10-13-5-7-18-8-6-13/h3-9H,10-11H2,1-2H3,(H,19,21). The number of anilines is 1. The molecule has 0 aliphatic carbocycles. The highest BCUT2D eigenvalue weighted by Gasteiger charge is 2.22. The van der Waals surface area contributed by atoms with Gasteiger partial charge in [-0.3, -0.25) is 14.1 Å². The molecule has 1 N–H and O–H groups in total. The zero-order valence-electron chi connectivity index (χ0n) is 13.4. The lowest BCUT2D eigenvalue weighted by molar-refractivity contribution is -0.119. The Morgan fingerprint density at radius 1 is 1.25 bits per heavy atom. The van der Waals surface area contributed by atoms with E-state index in [1.165, 1.54) is 0 Å². The van der Waals surface area contributed by atoms with Crippen molar-refractivity contribution in [3.05, 3.63) is 58.9 Å². The quantitative estimate of drug-likeness (QED) is 0.848. The minimum absolute atomic E-state index is 0.299. The molecule has 0 aliphatic rings. The summed E-state index contributed by atoms with van der Waals surface area (Å²) in [6, 6.07) is 8.39. The van der Waals surface area contributed by atoms with Crippen molar-refractivity contribution in [3.8, 4) is 0 Å². The van der Waals surface area contributed by atoms with Crippen molar-refractivity contribution in [1.29, 1.82) is 0 Å². The predicted octanol–water partition coefficient (Wildman–Crippen LogP) is 2.13. The second-order valence-electron chi connectivity index (χ2n) is 5.33. The van der Waals surface area contributed by atoms with E-state index in [1.807, 2.05) is 0 Å². The average molecular weight is 368 g/mol. The number of halogens is 1. The van der Waals surface area contributed by atoms with Crippen LogP contribution in [0.2, 0.25) is 5.02 Å². The van der Waals surface area contributed by atoms with Crippen molar-refractivity contribution in [2.45, 2.75) is 13.5 Å². The molecule has 2 aromatic rings. The summed E-state index contributed by atoms with van der Waals surface area (Å²) in [6.45, 7) is 1.75. The normalized spacial score (nSPS) is 11.1. The minimum Gasteiger partial charge on any atom is -0.350 e. The van der Waals surface area contributed by atoms with Gasteiger partial charge in [0.2, 0.25) is 15.9 Å². The number of pyridine rings is 1. The fourth-order valence-electron chi connectivity index (χ4n) is 2.17. The van der Waals surface area contributed by atoms with Gasteiger partial charge in [0.1, 0.15) is 6.54 Å². The highest BCUT2D eigenvalue weighted by molar-refractivity contribution is 7.92. The summed E-state index contributed by atoms with van der Waals surface area (Å²) in [4.78, 5) is 16.1. The van der Waals surface area contributed by atoms with Crippen LogP contribution < -0.4 is 9.62 Å². The maximum atomic E-state index is 12.2. The highest BCUT2D eigenvalue weighted by Crippen LogP contribution is 2.25. The smallest absolute Gasteiger partial charge is 0.241 e. The highest BCUT2D eigenvalue weighted by atomic mass is 35.5. The number of nitrogens with one attached hydrogen (secondary N) is 1. The maximum Gasteiger partial charge on any atom is 0.241 e. The molecular formula is C16H18ClN3O3S. The number of benzene rings is 1. The van der Waals surface area contributed by atoms with Crippen LogP contribution in [0, 0.1) is 6.92 Å². The Labute approximate surface area is 146 Å². The van der Waals surface area contributed by atoms with E-state index in [2.05, 4.69) is 10.3 Å². The molecule has 1 amide bonds. The van der Waals surface area contributed by atoms with E-state index in [0.29, 0.717) is 22.8 Å². The van der Waals surface area contributed by atoms with Crippen molar-refractivity contribution >= 4 is 33.2 Å². The Morgan fingerprint density at radius 2 is 1.92 bits per heavy atom. The van der Waals surface area contributed by atoms with Crippen molar-refractivity contribution in [2.75, 3.05) is 17.1 Å². The van der Waals surface area contributed by atoms with Crippen LogP contribution in [-0.4, -0.2) is 32.1 Å². The van der Waals surface area contributed by atoms with E-state index in [1.54, 1.807) is 49.6 Å². The fraction of sp³-hybridized carbons (Fsp3) is 0.250. The zero-order valence-corrected chi connectivity index (χ0v) is 14.9. The predicted molar refractivity (Wildman–Crippen MR) is 94.5 cm³/mol. The van der Waals surface area contributed by atoms with Gasteiger partial charge in [0, 0.05) is 24.0 Å². The number of aryl methyl sites for hydroxylation is 1. The summed E-state index contributed by atoms with van der Waals surface area (Å²) in [5.41, 5.74) is 1.99. The van der Waals surface area contributed by atoms with E-state index < -0.39 is 15.9 Å². The van der Waals surface area contributed by atoms with Gasteiger partial charge in [-0.25, -0.2) is 8.42 Å². The first-order chi connectivity index (χ1) is 11.3. The first-order valence-corrected chi connectivity index (χ1v) is 9.39. The molecule has 0 fully saturated rings. The van der Waals surface area contributed by atoms with Gasteiger partial charge < -0.3 is 5.32 Å². The molecule has 0 radical (unpaired) electrons. The van der Waals surface area contributed by atoms with Gasteiger partial charge >= 0.3 is 0 Å². The van der Waals surface area contributed by atoms with Gasteiger partial charge in [-0.15, -0.1) is 0 Å². The lowest BCUT2D eigenvalue weighted by atomic mass is 10.2. The van der Waals surface area contributed by atoms with Crippen LogP contribution in [0.5, 0.6) is 0 Å². The molecule has 2 rings (SSSR count). The number of rotatable bonds is 6. The number of sulfonamides is 1. The fourth-order valence-corrected chi connectivity index (χ4v) is 3.31. The monoisotopic (exact) mass is 367 g/mol. The van der Waals surface area contributed by atoms with E-state index in [0.717, 1.165) is 16.1 Å².